The first-order chi connectivity index (χ1) is 10.9. The highest BCUT2D eigenvalue weighted by molar-refractivity contribution is 5.87. The lowest BCUT2D eigenvalue weighted by atomic mass is 10.0. The summed E-state index contributed by atoms with van der Waals surface area (Å²) in [6.07, 6.45) is 0. The molecule has 23 heavy (non-hydrogen) atoms. The van der Waals surface area contributed by atoms with Crippen LogP contribution < -0.4 is 4.90 Å². The minimum absolute atomic E-state index is 0.192. The first kappa shape index (κ1) is 16.2. The van der Waals surface area contributed by atoms with Gasteiger partial charge in [-0.05, 0) is 24.3 Å². The van der Waals surface area contributed by atoms with Crippen molar-refractivity contribution in [2.45, 2.75) is 0 Å². The maximum absolute atomic E-state index is 11.6. The SMILES string of the molecule is CN(C)c1ccccc1C(=C(c1ccccc1)[N+](=O)[O-])[N+](=O)[O-]. The van der Waals surface area contributed by atoms with Gasteiger partial charge < -0.3 is 4.90 Å². The van der Waals surface area contributed by atoms with Crippen LogP contribution in [0.4, 0.5) is 5.69 Å². The molecule has 2 aromatic rings. The Morgan fingerprint density at radius 3 is 1.87 bits per heavy atom. The quantitative estimate of drug-likeness (QED) is 0.480. The summed E-state index contributed by atoms with van der Waals surface area (Å²) in [7, 11) is 3.45. The lowest BCUT2D eigenvalue weighted by Crippen LogP contribution is -2.15. The molecule has 0 atom stereocenters. The van der Waals surface area contributed by atoms with Gasteiger partial charge in [-0.25, -0.2) is 0 Å². The zero-order chi connectivity index (χ0) is 17.0. The molecule has 0 saturated carbocycles. The number of nitrogens with zero attached hydrogens (tertiary/aromatic N) is 3. The monoisotopic (exact) mass is 313 g/mol. The summed E-state index contributed by atoms with van der Waals surface area (Å²) >= 11 is 0. The molecule has 7 heteroatoms. The van der Waals surface area contributed by atoms with Crippen LogP contribution >= 0.6 is 0 Å². The number of hydrogen-bond donors (Lipinski definition) is 0. The van der Waals surface area contributed by atoms with Gasteiger partial charge in [-0.3, -0.25) is 20.2 Å². The predicted octanol–water partition coefficient (Wildman–Crippen LogP) is 3.13. The van der Waals surface area contributed by atoms with Crippen LogP contribution in [-0.4, -0.2) is 23.9 Å². The highest BCUT2D eigenvalue weighted by atomic mass is 16.6. The second kappa shape index (κ2) is 6.69. The number of rotatable bonds is 5. The average molecular weight is 313 g/mol. The molecular weight excluding hydrogens is 298 g/mol. The summed E-state index contributed by atoms with van der Waals surface area (Å²) in [6.45, 7) is 0. The van der Waals surface area contributed by atoms with Crippen LogP contribution in [0, 0.1) is 20.2 Å². The van der Waals surface area contributed by atoms with Gasteiger partial charge >= 0.3 is 11.4 Å². The number of anilines is 1. The molecule has 0 heterocycles. The van der Waals surface area contributed by atoms with Gasteiger partial charge in [0, 0.05) is 14.1 Å². The molecule has 0 saturated heterocycles. The molecule has 0 aliphatic carbocycles. The van der Waals surface area contributed by atoms with Crippen LogP contribution in [-0.2, 0) is 0 Å². The van der Waals surface area contributed by atoms with Gasteiger partial charge in [0.2, 0.25) is 0 Å². The van der Waals surface area contributed by atoms with E-state index in [1.165, 1.54) is 18.2 Å². The third kappa shape index (κ3) is 3.34. The van der Waals surface area contributed by atoms with Crippen LogP contribution in [0.25, 0.3) is 11.4 Å². The second-order valence-electron chi connectivity index (χ2n) is 4.99. The van der Waals surface area contributed by atoms with Crippen molar-refractivity contribution < 1.29 is 9.85 Å². The molecule has 7 nitrogen and oxygen atoms in total. The lowest BCUT2D eigenvalue weighted by Gasteiger charge is -2.15. The molecule has 0 aromatic heterocycles. The molecular formula is C16H15N3O4. The van der Waals surface area contributed by atoms with Crippen LogP contribution in [0.2, 0.25) is 0 Å². The zero-order valence-electron chi connectivity index (χ0n) is 12.7. The largest absolute Gasteiger partial charge is 0.377 e. The van der Waals surface area contributed by atoms with Gasteiger partial charge in [-0.2, -0.15) is 0 Å². The number of benzene rings is 2. The Morgan fingerprint density at radius 1 is 0.826 bits per heavy atom. The minimum Gasteiger partial charge on any atom is -0.377 e. The smallest absolute Gasteiger partial charge is 0.355 e. The Bertz CT molecular complexity index is 770. The third-order valence-corrected chi connectivity index (χ3v) is 3.28. The van der Waals surface area contributed by atoms with Crippen molar-refractivity contribution in [3.05, 3.63) is 86.0 Å². The Labute approximate surface area is 132 Å². The Hall–Kier alpha value is -3.22. The van der Waals surface area contributed by atoms with Gasteiger partial charge in [-0.15, -0.1) is 0 Å². The summed E-state index contributed by atoms with van der Waals surface area (Å²) in [5.41, 5.74) is -0.110. The van der Waals surface area contributed by atoms with Gasteiger partial charge in [-0.1, -0.05) is 30.3 Å². The van der Waals surface area contributed by atoms with E-state index in [0.717, 1.165) is 0 Å². The van der Waals surface area contributed by atoms with Crippen molar-refractivity contribution in [3.8, 4) is 0 Å². The van der Waals surface area contributed by atoms with E-state index in [0.29, 0.717) is 5.69 Å². The van der Waals surface area contributed by atoms with Crippen LogP contribution in [0.1, 0.15) is 11.1 Å². The Balaban J connectivity index is 2.84. The van der Waals surface area contributed by atoms with Crippen LogP contribution in [0.5, 0.6) is 0 Å². The molecule has 0 aliphatic heterocycles. The van der Waals surface area contributed by atoms with Crippen LogP contribution in [0.3, 0.4) is 0 Å². The molecule has 0 radical (unpaired) electrons. The van der Waals surface area contributed by atoms with E-state index < -0.39 is 21.2 Å². The fraction of sp³-hybridized carbons (Fsp3) is 0.125. The molecule has 0 spiro atoms. The lowest BCUT2D eigenvalue weighted by molar-refractivity contribution is -0.406. The molecule has 0 unspecified atom stereocenters. The molecule has 0 aliphatic rings. The van der Waals surface area contributed by atoms with Gasteiger partial charge in [0.15, 0.2) is 0 Å². The van der Waals surface area contributed by atoms with E-state index in [4.69, 9.17) is 0 Å². The predicted molar refractivity (Wildman–Crippen MR) is 88.0 cm³/mol. The van der Waals surface area contributed by atoms with Crippen molar-refractivity contribution in [1.29, 1.82) is 0 Å². The maximum atomic E-state index is 11.6. The van der Waals surface area contributed by atoms with Crippen molar-refractivity contribution in [2.75, 3.05) is 19.0 Å². The maximum Gasteiger partial charge on any atom is 0.355 e. The van der Waals surface area contributed by atoms with E-state index in [-0.39, 0.29) is 11.1 Å². The van der Waals surface area contributed by atoms with E-state index in [9.17, 15) is 20.2 Å². The summed E-state index contributed by atoms with van der Waals surface area (Å²) < 4.78 is 0. The summed E-state index contributed by atoms with van der Waals surface area (Å²) in [5, 5.41) is 23.1. The van der Waals surface area contributed by atoms with Crippen molar-refractivity contribution in [1.82, 2.24) is 0 Å². The van der Waals surface area contributed by atoms with Crippen LogP contribution in [0.15, 0.2) is 54.6 Å². The highest BCUT2D eigenvalue weighted by Crippen LogP contribution is 2.32. The van der Waals surface area contributed by atoms with Crippen molar-refractivity contribution in [2.24, 2.45) is 0 Å². The normalized spacial score (nSPS) is 11.6. The molecule has 0 bridgehead atoms. The standard InChI is InChI=1S/C16H15N3O4/c1-17(2)14-11-7-6-10-13(14)16(19(22)23)15(18(20)21)12-8-4-3-5-9-12/h3-11H,1-2H3. The number of nitro groups is 2. The molecule has 0 amide bonds. The Morgan fingerprint density at radius 2 is 1.35 bits per heavy atom. The molecule has 118 valence electrons. The van der Waals surface area contributed by atoms with E-state index in [2.05, 4.69) is 0 Å². The van der Waals surface area contributed by atoms with Crippen molar-refractivity contribution in [3.63, 3.8) is 0 Å². The minimum atomic E-state index is -0.708. The summed E-state index contributed by atoms with van der Waals surface area (Å²) in [5.74, 6) is 0. The molecule has 0 N–H and O–H groups in total. The Kier molecular flexibility index (Phi) is 4.70. The highest BCUT2D eigenvalue weighted by Gasteiger charge is 2.34. The van der Waals surface area contributed by atoms with E-state index in [1.54, 1.807) is 55.4 Å². The topological polar surface area (TPSA) is 89.5 Å². The van der Waals surface area contributed by atoms with Gasteiger partial charge in [0.25, 0.3) is 0 Å². The molecule has 2 rings (SSSR count). The first-order valence-electron chi connectivity index (χ1n) is 6.78. The molecule has 2 aromatic carbocycles. The summed E-state index contributed by atoms with van der Waals surface area (Å²) in [6, 6.07) is 14.4. The zero-order valence-corrected chi connectivity index (χ0v) is 12.7. The summed E-state index contributed by atoms with van der Waals surface area (Å²) in [4.78, 5) is 23.4. The third-order valence-electron chi connectivity index (χ3n) is 3.28. The second-order valence-corrected chi connectivity index (χ2v) is 4.99. The average Bonchev–Trinajstić information content (AvgIpc) is 2.52. The molecule has 0 fully saturated rings. The van der Waals surface area contributed by atoms with Gasteiger partial charge in [0.05, 0.1) is 26.7 Å². The number of para-hydroxylation sites is 1. The van der Waals surface area contributed by atoms with Crippen molar-refractivity contribution >= 4 is 17.1 Å². The fourth-order valence-corrected chi connectivity index (χ4v) is 2.30. The van der Waals surface area contributed by atoms with Gasteiger partial charge in [0.1, 0.15) is 0 Å². The fourth-order valence-electron chi connectivity index (χ4n) is 2.30. The van der Waals surface area contributed by atoms with E-state index in [1.807, 2.05) is 0 Å². The first-order valence-corrected chi connectivity index (χ1v) is 6.78. The van der Waals surface area contributed by atoms with E-state index >= 15 is 0 Å². The number of hydrogen-bond acceptors (Lipinski definition) is 5.